The number of nitrogens with one attached hydrogen (secondary N) is 1. The van der Waals surface area contributed by atoms with Crippen LogP contribution < -0.4 is 10.2 Å². The van der Waals surface area contributed by atoms with E-state index in [1.165, 1.54) is 22.4 Å². The van der Waals surface area contributed by atoms with Gasteiger partial charge in [0.2, 0.25) is 5.91 Å². The summed E-state index contributed by atoms with van der Waals surface area (Å²) in [6.07, 6.45) is 1.02. The second-order valence-electron chi connectivity index (χ2n) is 6.43. The standard InChI is InChI=1S/C20H24N2O/c1-14-8-9-18(12-15(14)2)16(3)21-20(23)13-22-11-10-17-6-4-5-7-19(17)22/h4-9,12,16H,10-11,13H2,1-3H3,(H,21,23). The van der Waals surface area contributed by atoms with E-state index in [1.807, 2.05) is 13.0 Å². The normalized spacial score (nSPS) is 14.5. The Morgan fingerprint density at radius 1 is 1.17 bits per heavy atom. The van der Waals surface area contributed by atoms with Gasteiger partial charge in [0.05, 0.1) is 12.6 Å². The molecule has 0 aromatic heterocycles. The molecule has 23 heavy (non-hydrogen) atoms. The largest absolute Gasteiger partial charge is 0.362 e. The first-order valence-corrected chi connectivity index (χ1v) is 8.24. The highest BCUT2D eigenvalue weighted by Gasteiger charge is 2.21. The minimum Gasteiger partial charge on any atom is -0.362 e. The van der Waals surface area contributed by atoms with Crippen molar-refractivity contribution in [3.63, 3.8) is 0 Å². The fraction of sp³-hybridized carbons (Fsp3) is 0.350. The Balaban J connectivity index is 1.62. The van der Waals surface area contributed by atoms with Gasteiger partial charge in [-0.3, -0.25) is 4.79 Å². The first-order chi connectivity index (χ1) is 11.0. The Morgan fingerprint density at radius 3 is 2.74 bits per heavy atom. The number of anilines is 1. The number of hydrogen-bond acceptors (Lipinski definition) is 2. The monoisotopic (exact) mass is 308 g/mol. The lowest BCUT2D eigenvalue weighted by molar-refractivity contribution is -0.120. The highest BCUT2D eigenvalue weighted by Crippen LogP contribution is 2.27. The molecule has 1 heterocycles. The Morgan fingerprint density at radius 2 is 1.96 bits per heavy atom. The summed E-state index contributed by atoms with van der Waals surface area (Å²) in [5, 5.41) is 3.12. The molecule has 0 saturated carbocycles. The molecule has 1 unspecified atom stereocenters. The second-order valence-corrected chi connectivity index (χ2v) is 6.43. The predicted molar refractivity (Wildman–Crippen MR) is 94.8 cm³/mol. The van der Waals surface area contributed by atoms with E-state index < -0.39 is 0 Å². The third-order valence-electron chi connectivity index (χ3n) is 4.73. The van der Waals surface area contributed by atoms with E-state index >= 15 is 0 Å². The number of nitrogens with zero attached hydrogens (tertiary/aromatic N) is 1. The summed E-state index contributed by atoms with van der Waals surface area (Å²) in [7, 11) is 0. The number of carbonyl (C=O) groups excluding carboxylic acids is 1. The third-order valence-corrected chi connectivity index (χ3v) is 4.73. The van der Waals surface area contributed by atoms with Gasteiger partial charge in [-0.2, -0.15) is 0 Å². The van der Waals surface area contributed by atoms with Crippen LogP contribution in [0.2, 0.25) is 0 Å². The zero-order chi connectivity index (χ0) is 16.4. The molecule has 1 atom stereocenters. The van der Waals surface area contributed by atoms with E-state index in [2.05, 4.69) is 60.5 Å². The molecule has 1 amide bonds. The lowest BCUT2D eigenvalue weighted by Crippen LogP contribution is -2.37. The van der Waals surface area contributed by atoms with Crippen LogP contribution in [0.25, 0.3) is 0 Å². The van der Waals surface area contributed by atoms with Gasteiger partial charge in [0.15, 0.2) is 0 Å². The average Bonchev–Trinajstić information content (AvgIpc) is 2.93. The minimum atomic E-state index is 0.0275. The lowest BCUT2D eigenvalue weighted by atomic mass is 10.0. The molecular formula is C20H24N2O. The molecule has 3 nitrogen and oxygen atoms in total. The first kappa shape index (κ1) is 15.6. The molecule has 0 radical (unpaired) electrons. The molecule has 0 aliphatic carbocycles. The maximum Gasteiger partial charge on any atom is 0.239 e. The number of benzene rings is 2. The van der Waals surface area contributed by atoms with Crippen molar-refractivity contribution < 1.29 is 4.79 Å². The van der Waals surface area contributed by atoms with Crippen molar-refractivity contribution in [3.8, 4) is 0 Å². The molecule has 0 spiro atoms. The molecule has 0 bridgehead atoms. The fourth-order valence-corrected chi connectivity index (χ4v) is 3.15. The van der Waals surface area contributed by atoms with Gasteiger partial charge >= 0.3 is 0 Å². The molecular weight excluding hydrogens is 284 g/mol. The number of amides is 1. The van der Waals surface area contributed by atoms with Crippen molar-refractivity contribution in [2.24, 2.45) is 0 Å². The van der Waals surface area contributed by atoms with E-state index in [-0.39, 0.29) is 11.9 Å². The quantitative estimate of drug-likeness (QED) is 0.937. The van der Waals surface area contributed by atoms with Gasteiger partial charge in [0, 0.05) is 12.2 Å². The van der Waals surface area contributed by atoms with Crippen LogP contribution in [0.3, 0.4) is 0 Å². The van der Waals surface area contributed by atoms with E-state index in [9.17, 15) is 4.79 Å². The van der Waals surface area contributed by atoms with Gasteiger partial charge < -0.3 is 10.2 Å². The van der Waals surface area contributed by atoms with Crippen molar-refractivity contribution >= 4 is 11.6 Å². The van der Waals surface area contributed by atoms with E-state index in [4.69, 9.17) is 0 Å². The van der Waals surface area contributed by atoms with Gasteiger partial charge in [0.1, 0.15) is 0 Å². The second kappa shape index (κ2) is 6.45. The maximum absolute atomic E-state index is 12.4. The fourth-order valence-electron chi connectivity index (χ4n) is 3.15. The number of carbonyl (C=O) groups is 1. The maximum atomic E-state index is 12.4. The summed E-state index contributed by atoms with van der Waals surface area (Å²) >= 11 is 0. The SMILES string of the molecule is Cc1ccc(C(C)NC(=O)CN2CCc3ccccc32)cc1C. The summed E-state index contributed by atoms with van der Waals surface area (Å²) in [4.78, 5) is 14.6. The van der Waals surface area contributed by atoms with E-state index in [0.29, 0.717) is 6.54 Å². The van der Waals surface area contributed by atoms with Crippen LogP contribution in [0.1, 0.15) is 35.2 Å². The van der Waals surface area contributed by atoms with E-state index in [1.54, 1.807) is 0 Å². The van der Waals surface area contributed by atoms with Crippen LogP contribution in [0.5, 0.6) is 0 Å². The van der Waals surface area contributed by atoms with Crippen LogP contribution in [0.15, 0.2) is 42.5 Å². The third kappa shape index (κ3) is 3.39. The molecule has 120 valence electrons. The van der Waals surface area contributed by atoms with Gasteiger partial charge in [-0.15, -0.1) is 0 Å². The number of fused-ring (bicyclic) bond motifs is 1. The van der Waals surface area contributed by atoms with Crippen molar-refractivity contribution in [3.05, 3.63) is 64.7 Å². The number of para-hydroxylation sites is 1. The molecule has 1 N–H and O–H groups in total. The first-order valence-electron chi connectivity index (χ1n) is 8.24. The Labute approximate surface area is 138 Å². The summed E-state index contributed by atoms with van der Waals surface area (Å²) in [6, 6.07) is 14.7. The zero-order valence-electron chi connectivity index (χ0n) is 14.1. The molecule has 1 aliphatic heterocycles. The Bertz CT molecular complexity index is 723. The molecule has 0 saturated heterocycles. The van der Waals surface area contributed by atoms with Crippen molar-refractivity contribution in [1.82, 2.24) is 5.32 Å². The summed E-state index contributed by atoms with van der Waals surface area (Å²) in [5.41, 5.74) is 6.23. The Kier molecular flexibility index (Phi) is 4.37. The summed E-state index contributed by atoms with van der Waals surface area (Å²) in [5.74, 6) is 0.0763. The van der Waals surface area contributed by atoms with Gasteiger partial charge in [-0.05, 0) is 55.5 Å². The molecule has 3 heteroatoms. The van der Waals surface area contributed by atoms with Crippen molar-refractivity contribution in [1.29, 1.82) is 0 Å². The van der Waals surface area contributed by atoms with Gasteiger partial charge in [0.25, 0.3) is 0 Å². The van der Waals surface area contributed by atoms with Crippen LogP contribution in [-0.2, 0) is 11.2 Å². The Hall–Kier alpha value is -2.29. The molecule has 1 aliphatic rings. The average molecular weight is 308 g/mol. The van der Waals surface area contributed by atoms with Crippen molar-refractivity contribution in [2.45, 2.75) is 33.2 Å². The molecule has 3 rings (SSSR count). The number of hydrogen-bond donors (Lipinski definition) is 1. The van der Waals surface area contributed by atoms with Crippen LogP contribution in [0.4, 0.5) is 5.69 Å². The molecule has 0 fully saturated rings. The highest BCUT2D eigenvalue weighted by molar-refractivity contribution is 5.82. The topological polar surface area (TPSA) is 32.3 Å². The highest BCUT2D eigenvalue weighted by atomic mass is 16.2. The zero-order valence-corrected chi connectivity index (χ0v) is 14.1. The van der Waals surface area contributed by atoms with Crippen LogP contribution in [0, 0.1) is 13.8 Å². The smallest absolute Gasteiger partial charge is 0.239 e. The number of rotatable bonds is 4. The number of aryl methyl sites for hydroxylation is 2. The summed E-state index contributed by atoms with van der Waals surface area (Å²) in [6.45, 7) is 7.60. The van der Waals surface area contributed by atoms with Crippen LogP contribution >= 0.6 is 0 Å². The van der Waals surface area contributed by atoms with Gasteiger partial charge in [-0.1, -0.05) is 36.4 Å². The minimum absolute atomic E-state index is 0.0275. The van der Waals surface area contributed by atoms with Crippen molar-refractivity contribution in [2.75, 3.05) is 18.0 Å². The lowest BCUT2D eigenvalue weighted by Gasteiger charge is -2.21. The van der Waals surface area contributed by atoms with Gasteiger partial charge in [-0.25, -0.2) is 0 Å². The molecule has 2 aromatic rings. The molecule has 2 aromatic carbocycles. The van der Waals surface area contributed by atoms with Crippen LogP contribution in [-0.4, -0.2) is 19.0 Å². The van der Waals surface area contributed by atoms with E-state index in [0.717, 1.165) is 18.5 Å². The summed E-state index contributed by atoms with van der Waals surface area (Å²) < 4.78 is 0. The predicted octanol–water partition coefficient (Wildman–Crippen LogP) is 3.54.